The summed E-state index contributed by atoms with van der Waals surface area (Å²) in [4.78, 5) is 0. The minimum atomic E-state index is -3.80. The number of hydrogen-bond donors (Lipinski definition) is 2. The van der Waals surface area contributed by atoms with Gasteiger partial charge in [-0.3, -0.25) is 4.55 Å². The van der Waals surface area contributed by atoms with Crippen LogP contribution in [-0.4, -0.2) is 53.5 Å². The molecule has 0 aromatic heterocycles. The van der Waals surface area contributed by atoms with E-state index >= 15 is 0 Å². The van der Waals surface area contributed by atoms with Crippen LogP contribution in [0, 0.1) is 0 Å². The van der Waals surface area contributed by atoms with E-state index in [-0.39, 0.29) is 40.6 Å². The smallest absolute Gasteiger partial charge is 0.265 e. The molecule has 0 aliphatic carbocycles. The van der Waals surface area contributed by atoms with Gasteiger partial charge in [0.25, 0.3) is 10.1 Å². The molecule has 1 N–H and O–H groups in total. The summed E-state index contributed by atoms with van der Waals surface area (Å²) in [7, 11) is -3.80. The summed E-state index contributed by atoms with van der Waals surface area (Å²) in [5, 5.41) is -0.301. The predicted molar refractivity (Wildman–Crippen MR) is 40.6 cm³/mol. The quantitative estimate of drug-likeness (QED) is 0.351. The van der Waals surface area contributed by atoms with Crippen LogP contribution in [0.4, 0.5) is 0 Å². The average molecular weight is 179 g/mol. The van der Waals surface area contributed by atoms with Gasteiger partial charge in [0.15, 0.2) is 0 Å². The molecule has 0 amide bonds. The molecule has 3 nitrogen and oxygen atoms in total. The molecule has 0 rings (SSSR count). The molecule has 9 heavy (non-hydrogen) atoms. The van der Waals surface area contributed by atoms with Crippen molar-refractivity contribution in [2.45, 2.75) is 12.2 Å². The van der Waals surface area contributed by atoms with Crippen molar-refractivity contribution in [2.75, 3.05) is 5.75 Å². The maximum Gasteiger partial charge on any atom is 0.265 e. The van der Waals surface area contributed by atoms with E-state index in [2.05, 4.69) is 12.6 Å². The summed E-state index contributed by atoms with van der Waals surface area (Å²) >= 11 is 3.75. The third-order valence-corrected chi connectivity index (χ3v) is 1.80. The van der Waals surface area contributed by atoms with Crippen molar-refractivity contribution in [3.8, 4) is 0 Å². The first-order valence-electron chi connectivity index (χ1n) is 2.05. The molecule has 0 spiro atoms. The van der Waals surface area contributed by atoms with Gasteiger partial charge in [0, 0.05) is 34.8 Å². The maximum atomic E-state index is 9.95. The van der Waals surface area contributed by atoms with Gasteiger partial charge in [0.05, 0.1) is 5.75 Å². The van der Waals surface area contributed by atoms with E-state index in [0.717, 1.165) is 0 Å². The molecule has 6 heteroatoms. The molecule has 0 aliphatic heterocycles. The molecule has 1 atom stereocenters. The van der Waals surface area contributed by atoms with Crippen molar-refractivity contribution in [1.82, 2.24) is 0 Å². The zero-order valence-corrected chi connectivity index (χ0v) is 9.11. The Morgan fingerprint density at radius 2 is 2.00 bits per heavy atom. The van der Waals surface area contributed by atoms with Gasteiger partial charge in [-0.15, -0.1) is 0 Å². The standard InChI is InChI=1S/C3H8O3S2.Na/c1-3(7)2-8(4,5)6;/h3,7H,2H2,1H3,(H,4,5,6);. The van der Waals surface area contributed by atoms with Crippen molar-refractivity contribution >= 4 is 52.3 Å². The van der Waals surface area contributed by atoms with Crippen LogP contribution in [0.15, 0.2) is 0 Å². The van der Waals surface area contributed by atoms with Crippen molar-refractivity contribution in [3.63, 3.8) is 0 Å². The Kier molecular flexibility index (Phi) is 7.14. The van der Waals surface area contributed by atoms with Gasteiger partial charge in [0.1, 0.15) is 0 Å². The molecule has 1 radical (unpaired) electrons. The van der Waals surface area contributed by atoms with Crippen LogP contribution < -0.4 is 0 Å². The fraction of sp³-hybridized carbons (Fsp3) is 1.00. The number of hydrogen-bond acceptors (Lipinski definition) is 3. The van der Waals surface area contributed by atoms with Crippen molar-refractivity contribution in [2.24, 2.45) is 0 Å². The van der Waals surface area contributed by atoms with Crippen LogP contribution in [0.5, 0.6) is 0 Å². The topological polar surface area (TPSA) is 54.4 Å². The van der Waals surface area contributed by atoms with Crippen LogP contribution in [0.1, 0.15) is 6.92 Å². The van der Waals surface area contributed by atoms with Gasteiger partial charge in [0.2, 0.25) is 0 Å². The molecular formula is C3H8NaO3S2. The Morgan fingerprint density at radius 3 is 2.00 bits per heavy atom. The monoisotopic (exact) mass is 179 g/mol. The molecule has 51 valence electrons. The second kappa shape index (κ2) is 4.98. The van der Waals surface area contributed by atoms with E-state index in [4.69, 9.17) is 4.55 Å². The minimum Gasteiger partial charge on any atom is -0.286 e. The second-order valence-electron chi connectivity index (χ2n) is 1.60. The van der Waals surface area contributed by atoms with Crippen LogP contribution >= 0.6 is 12.6 Å². The van der Waals surface area contributed by atoms with E-state index in [0.29, 0.717) is 0 Å². The molecule has 0 fully saturated rings. The SMILES string of the molecule is CC(S)CS(=O)(=O)O.[Na]. The summed E-state index contributed by atoms with van der Waals surface area (Å²) in [5.74, 6) is -0.282. The first kappa shape index (κ1) is 12.9. The first-order valence-corrected chi connectivity index (χ1v) is 4.17. The van der Waals surface area contributed by atoms with E-state index in [1.807, 2.05) is 0 Å². The summed E-state index contributed by atoms with van der Waals surface area (Å²) in [5.41, 5.74) is 0. The van der Waals surface area contributed by atoms with E-state index < -0.39 is 10.1 Å². The van der Waals surface area contributed by atoms with Gasteiger partial charge in [-0.1, -0.05) is 6.92 Å². The Morgan fingerprint density at radius 1 is 1.67 bits per heavy atom. The molecule has 0 bridgehead atoms. The Balaban J connectivity index is 0. The Hall–Kier alpha value is 1.26. The number of thiol groups is 1. The zero-order chi connectivity index (χ0) is 6.78. The van der Waals surface area contributed by atoms with E-state index in [1.54, 1.807) is 6.92 Å². The first-order chi connectivity index (χ1) is 3.42. The summed E-state index contributed by atoms with van der Waals surface area (Å²) in [6.45, 7) is 1.59. The van der Waals surface area contributed by atoms with Crippen molar-refractivity contribution in [1.29, 1.82) is 0 Å². The third-order valence-electron chi connectivity index (χ3n) is 0.452. The zero-order valence-electron chi connectivity index (χ0n) is 5.40. The van der Waals surface area contributed by atoms with Crippen LogP contribution in [0.2, 0.25) is 0 Å². The molecule has 0 saturated carbocycles. The van der Waals surface area contributed by atoms with Gasteiger partial charge in [-0.05, 0) is 0 Å². The van der Waals surface area contributed by atoms with Crippen molar-refractivity contribution in [3.05, 3.63) is 0 Å². The molecule has 0 saturated heterocycles. The van der Waals surface area contributed by atoms with E-state index in [9.17, 15) is 8.42 Å². The van der Waals surface area contributed by atoms with E-state index in [1.165, 1.54) is 0 Å². The largest absolute Gasteiger partial charge is 0.286 e. The second-order valence-corrected chi connectivity index (χ2v) is 3.98. The fourth-order valence-electron chi connectivity index (χ4n) is 0.305. The van der Waals surface area contributed by atoms with Crippen LogP contribution in [0.3, 0.4) is 0 Å². The summed E-state index contributed by atoms with van der Waals surface area (Å²) in [6, 6.07) is 0. The third kappa shape index (κ3) is 12.5. The number of rotatable bonds is 2. The maximum absolute atomic E-state index is 9.95. The molecule has 1 unspecified atom stereocenters. The van der Waals surface area contributed by atoms with Gasteiger partial charge >= 0.3 is 0 Å². The fourth-order valence-corrected chi connectivity index (χ4v) is 1.48. The van der Waals surface area contributed by atoms with Crippen molar-refractivity contribution < 1.29 is 13.0 Å². The molecule has 0 aliphatic rings. The summed E-state index contributed by atoms with van der Waals surface area (Å²) in [6.07, 6.45) is 0. The molecule has 0 aromatic rings. The molecular weight excluding hydrogens is 171 g/mol. The minimum absolute atomic E-state index is 0. The summed E-state index contributed by atoms with van der Waals surface area (Å²) < 4.78 is 28.0. The average Bonchev–Trinajstić information content (AvgIpc) is 1.21. The molecule has 0 heterocycles. The Bertz CT molecular complexity index is 150. The van der Waals surface area contributed by atoms with Gasteiger partial charge in [-0.25, -0.2) is 0 Å². The Labute approximate surface area is 82.7 Å². The molecule has 0 aromatic carbocycles. The normalized spacial score (nSPS) is 14.1. The van der Waals surface area contributed by atoms with Crippen LogP contribution in [-0.2, 0) is 10.1 Å². The predicted octanol–water partition coefficient (Wildman–Crippen LogP) is -0.188. The van der Waals surface area contributed by atoms with Gasteiger partial charge in [-0.2, -0.15) is 21.0 Å². The van der Waals surface area contributed by atoms with Gasteiger partial charge < -0.3 is 0 Å². The van der Waals surface area contributed by atoms with Crippen LogP contribution in [0.25, 0.3) is 0 Å².